The average Bonchev–Trinajstić information content (AvgIpc) is 3.39. The molecule has 5 nitrogen and oxygen atoms in total. The van der Waals surface area contributed by atoms with Gasteiger partial charge in [0, 0.05) is 11.9 Å². The maximum Gasteiger partial charge on any atom is 0.340 e. The molecule has 3 rings (SSSR count). The van der Waals surface area contributed by atoms with Gasteiger partial charge in [-0.05, 0) is 47.4 Å². The lowest BCUT2D eigenvalue weighted by atomic mass is 10.1. The molecule has 0 unspecified atom stereocenters. The third-order valence-corrected chi connectivity index (χ3v) is 4.82. The minimum Gasteiger partial charge on any atom is -0.467 e. The maximum absolute atomic E-state index is 13.1. The summed E-state index contributed by atoms with van der Waals surface area (Å²) in [5.41, 5.74) is 0.964. The first-order valence-corrected chi connectivity index (χ1v) is 9.35. The molecule has 0 aliphatic carbocycles. The molecule has 1 amide bonds. The topological polar surface area (TPSA) is 59.8 Å². The number of likely N-dealkylation sites (N-methyl/N-ethyl adjacent to an activating group) is 1. The summed E-state index contributed by atoms with van der Waals surface area (Å²) >= 11 is 1.37. The van der Waals surface area contributed by atoms with Gasteiger partial charge in [0.1, 0.15) is 11.6 Å². The Hall–Kier alpha value is -3.19. The van der Waals surface area contributed by atoms with Crippen molar-refractivity contribution in [3.63, 3.8) is 0 Å². The van der Waals surface area contributed by atoms with Gasteiger partial charge in [-0.1, -0.05) is 18.2 Å². The summed E-state index contributed by atoms with van der Waals surface area (Å²) in [6.45, 7) is -0.102. The first kappa shape index (κ1) is 19.6. The zero-order chi connectivity index (χ0) is 19.9. The zero-order valence-corrected chi connectivity index (χ0v) is 15.9. The van der Waals surface area contributed by atoms with E-state index < -0.39 is 5.97 Å². The summed E-state index contributed by atoms with van der Waals surface area (Å²) in [6, 6.07) is 12.9. The number of hydrogen-bond acceptors (Lipinski definition) is 5. The van der Waals surface area contributed by atoms with Crippen LogP contribution in [-0.4, -0.2) is 30.4 Å². The summed E-state index contributed by atoms with van der Waals surface area (Å²) in [4.78, 5) is 27.0. The fourth-order valence-corrected chi connectivity index (χ4v) is 3.16. The summed E-state index contributed by atoms with van der Waals surface area (Å²) in [5, 5.41) is 1.84. The van der Waals surface area contributed by atoms with Crippen LogP contribution in [0.25, 0.3) is 11.6 Å². The van der Waals surface area contributed by atoms with Gasteiger partial charge in [0.05, 0.1) is 18.4 Å². The SMILES string of the molecule is CN(Cc1ccco1)C(=O)COC(=O)/C(=C/c1ccc(F)cc1)c1cccs1. The van der Waals surface area contributed by atoms with Crippen LogP contribution in [0.1, 0.15) is 16.2 Å². The highest BCUT2D eigenvalue weighted by Gasteiger charge is 2.18. The highest BCUT2D eigenvalue weighted by atomic mass is 32.1. The molecule has 0 aliphatic rings. The highest BCUT2D eigenvalue weighted by Crippen LogP contribution is 2.24. The minimum atomic E-state index is -0.619. The number of hydrogen-bond donors (Lipinski definition) is 0. The number of esters is 1. The van der Waals surface area contributed by atoms with Gasteiger partial charge in [-0.3, -0.25) is 4.79 Å². The number of carbonyl (C=O) groups is 2. The van der Waals surface area contributed by atoms with Gasteiger partial charge < -0.3 is 14.1 Å². The van der Waals surface area contributed by atoms with E-state index in [1.165, 1.54) is 34.6 Å². The third-order valence-electron chi connectivity index (χ3n) is 3.91. The summed E-state index contributed by atoms with van der Waals surface area (Å²) in [6.07, 6.45) is 3.14. The lowest BCUT2D eigenvalue weighted by Gasteiger charge is -2.16. The second-order valence-electron chi connectivity index (χ2n) is 5.99. The fourth-order valence-electron chi connectivity index (χ4n) is 2.43. The number of halogens is 1. The monoisotopic (exact) mass is 399 g/mol. The largest absolute Gasteiger partial charge is 0.467 e. The molecule has 0 spiro atoms. The first-order valence-electron chi connectivity index (χ1n) is 8.47. The van der Waals surface area contributed by atoms with E-state index >= 15 is 0 Å². The normalized spacial score (nSPS) is 11.3. The molecule has 1 aromatic carbocycles. The molecular weight excluding hydrogens is 381 g/mol. The average molecular weight is 399 g/mol. The van der Waals surface area contributed by atoms with Gasteiger partial charge in [0.25, 0.3) is 5.91 Å². The first-order chi connectivity index (χ1) is 13.5. The number of benzene rings is 1. The molecule has 0 aliphatic heterocycles. The van der Waals surface area contributed by atoms with Crippen molar-refractivity contribution in [1.82, 2.24) is 4.90 Å². The van der Waals surface area contributed by atoms with E-state index in [0.717, 1.165) is 0 Å². The van der Waals surface area contributed by atoms with Crippen LogP contribution in [0.5, 0.6) is 0 Å². The molecule has 0 radical (unpaired) electrons. The van der Waals surface area contributed by atoms with Crippen LogP contribution in [0.4, 0.5) is 4.39 Å². The van der Waals surface area contributed by atoms with Crippen molar-refractivity contribution in [2.24, 2.45) is 0 Å². The standard InChI is InChI=1S/C21H18FNO4S/c1-23(13-17-4-2-10-26-17)20(24)14-27-21(25)18(19-5-3-11-28-19)12-15-6-8-16(22)9-7-15/h2-12H,13-14H2,1H3/b18-12+. The van der Waals surface area contributed by atoms with Crippen LogP contribution < -0.4 is 0 Å². The predicted octanol–water partition coefficient (Wildman–Crippen LogP) is 4.22. The van der Waals surface area contributed by atoms with Gasteiger partial charge in [-0.2, -0.15) is 0 Å². The Morgan fingerprint density at radius 1 is 1.18 bits per heavy atom. The van der Waals surface area contributed by atoms with Crippen LogP contribution in [0, 0.1) is 5.82 Å². The van der Waals surface area contributed by atoms with E-state index in [1.54, 1.807) is 43.5 Å². The number of nitrogens with zero attached hydrogens (tertiary/aromatic N) is 1. The molecule has 0 atom stereocenters. The molecule has 2 aromatic heterocycles. The van der Waals surface area contributed by atoms with Crippen molar-refractivity contribution in [2.75, 3.05) is 13.7 Å². The molecule has 144 valence electrons. The lowest BCUT2D eigenvalue weighted by Crippen LogP contribution is -2.30. The molecule has 0 N–H and O–H groups in total. The summed E-state index contributed by atoms with van der Waals surface area (Å²) < 4.78 is 23.6. The fraction of sp³-hybridized carbons (Fsp3) is 0.143. The van der Waals surface area contributed by atoms with E-state index in [-0.39, 0.29) is 24.9 Å². The van der Waals surface area contributed by atoms with Crippen molar-refractivity contribution in [3.8, 4) is 0 Å². The smallest absolute Gasteiger partial charge is 0.340 e. The van der Waals surface area contributed by atoms with Gasteiger partial charge in [-0.25, -0.2) is 9.18 Å². The number of amides is 1. The predicted molar refractivity (Wildman–Crippen MR) is 105 cm³/mol. The molecule has 0 bridgehead atoms. The van der Waals surface area contributed by atoms with Crippen molar-refractivity contribution in [3.05, 3.63) is 82.2 Å². The second-order valence-corrected chi connectivity index (χ2v) is 6.94. The number of thiophene rings is 1. The van der Waals surface area contributed by atoms with Crippen LogP contribution >= 0.6 is 11.3 Å². The number of ether oxygens (including phenoxy) is 1. The minimum absolute atomic E-state index is 0.284. The van der Waals surface area contributed by atoms with E-state index in [0.29, 0.717) is 21.8 Å². The number of rotatable bonds is 7. The highest BCUT2D eigenvalue weighted by molar-refractivity contribution is 7.11. The summed E-state index contributed by atoms with van der Waals surface area (Å²) in [5.74, 6) is -0.691. The Morgan fingerprint density at radius 2 is 1.96 bits per heavy atom. The number of furan rings is 1. The third kappa shape index (κ3) is 5.17. The Balaban J connectivity index is 1.68. The second kappa shape index (κ2) is 9.14. The Morgan fingerprint density at radius 3 is 2.61 bits per heavy atom. The van der Waals surface area contributed by atoms with E-state index in [1.807, 2.05) is 11.4 Å². The molecule has 2 heterocycles. The molecule has 0 saturated carbocycles. The van der Waals surface area contributed by atoms with Crippen molar-refractivity contribution in [1.29, 1.82) is 0 Å². The van der Waals surface area contributed by atoms with Gasteiger partial charge in [-0.15, -0.1) is 11.3 Å². The Bertz CT molecular complexity index is 947. The molecule has 7 heteroatoms. The van der Waals surface area contributed by atoms with E-state index in [2.05, 4.69) is 0 Å². The van der Waals surface area contributed by atoms with Crippen LogP contribution in [0.15, 0.2) is 64.6 Å². The van der Waals surface area contributed by atoms with Crippen LogP contribution in [-0.2, 0) is 20.9 Å². The number of carbonyl (C=O) groups excluding carboxylic acids is 2. The Labute approximate surface area is 165 Å². The lowest BCUT2D eigenvalue weighted by molar-refractivity contribution is -0.147. The van der Waals surface area contributed by atoms with Crippen molar-refractivity contribution < 1.29 is 23.1 Å². The molecule has 0 saturated heterocycles. The van der Waals surface area contributed by atoms with Gasteiger partial charge in [0.2, 0.25) is 0 Å². The van der Waals surface area contributed by atoms with Crippen LogP contribution in [0.2, 0.25) is 0 Å². The van der Waals surface area contributed by atoms with E-state index in [9.17, 15) is 14.0 Å². The molecular formula is C21H18FNO4S. The quantitative estimate of drug-likeness (QED) is 0.441. The molecule has 3 aromatic rings. The maximum atomic E-state index is 13.1. The Kier molecular flexibility index (Phi) is 6.39. The summed E-state index contributed by atoms with van der Waals surface area (Å²) in [7, 11) is 1.60. The van der Waals surface area contributed by atoms with Gasteiger partial charge in [0.15, 0.2) is 6.61 Å². The van der Waals surface area contributed by atoms with E-state index in [4.69, 9.17) is 9.15 Å². The molecule has 0 fully saturated rings. The molecule has 28 heavy (non-hydrogen) atoms. The van der Waals surface area contributed by atoms with Crippen molar-refractivity contribution >= 4 is 34.9 Å². The zero-order valence-electron chi connectivity index (χ0n) is 15.1. The van der Waals surface area contributed by atoms with Gasteiger partial charge >= 0.3 is 5.97 Å². The van der Waals surface area contributed by atoms with Crippen molar-refractivity contribution in [2.45, 2.75) is 6.54 Å². The van der Waals surface area contributed by atoms with Crippen LogP contribution in [0.3, 0.4) is 0 Å².